The fourth-order valence-electron chi connectivity index (χ4n) is 4.25. The van der Waals surface area contributed by atoms with Crippen LogP contribution in [0.3, 0.4) is 0 Å². The van der Waals surface area contributed by atoms with Gasteiger partial charge in [-0.15, -0.1) is 0 Å². The van der Waals surface area contributed by atoms with Crippen LogP contribution in [-0.2, 0) is 6.42 Å². The summed E-state index contributed by atoms with van der Waals surface area (Å²) in [5.41, 5.74) is 2.50. The number of benzene rings is 1. The zero-order valence-electron chi connectivity index (χ0n) is 17.6. The van der Waals surface area contributed by atoms with Crippen LogP contribution in [0.5, 0.6) is 11.5 Å². The van der Waals surface area contributed by atoms with Crippen LogP contribution in [0.1, 0.15) is 74.0 Å². The number of aryl methyl sites for hydroxylation is 1. The first kappa shape index (κ1) is 13.8. The highest BCUT2D eigenvalue weighted by Crippen LogP contribution is 2.54. The molecule has 2 aliphatic rings. The predicted molar refractivity (Wildman–Crippen MR) is 96.7 cm³/mol. The van der Waals surface area contributed by atoms with E-state index in [1.54, 1.807) is 6.07 Å². The van der Waals surface area contributed by atoms with Crippen molar-refractivity contribution >= 4 is 0 Å². The minimum atomic E-state index is -1.88. The molecule has 0 spiro atoms. The molecule has 3 heteroatoms. The van der Waals surface area contributed by atoms with Crippen molar-refractivity contribution in [2.24, 2.45) is 5.92 Å². The highest BCUT2D eigenvalue weighted by Gasteiger charge is 2.45. The average molecular weight is 333 g/mol. The van der Waals surface area contributed by atoms with Crippen LogP contribution in [0, 0.1) is 5.92 Å². The van der Waals surface area contributed by atoms with Gasteiger partial charge in [0.15, 0.2) is 0 Å². The highest BCUT2D eigenvalue weighted by molar-refractivity contribution is 5.52. The van der Waals surface area contributed by atoms with Crippen LogP contribution in [0.2, 0.25) is 0 Å². The summed E-state index contributed by atoms with van der Waals surface area (Å²) in [4.78, 5) is 0. The van der Waals surface area contributed by atoms with Gasteiger partial charge in [0.05, 0.1) is 6.61 Å². The zero-order chi connectivity index (χ0) is 19.8. The van der Waals surface area contributed by atoms with Crippen molar-refractivity contribution in [3.05, 3.63) is 34.9 Å². The van der Waals surface area contributed by atoms with Crippen LogP contribution in [0.4, 0.5) is 0 Å². The summed E-state index contributed by atoms with van der Waals surface area (Å²) in [6.07, 6.45) is 6.02. The monoisotopic (exact) mass is 333 g/mol. The van der Waals surface area contributed by atoms with Crippen LogP contribution < -0.4 is 4.74 Å². The number of allylic oxidation sites excluding steroid dienone is 1. The second kappa shape index (κ2) is 6.79. The Kier molecular flexibility index (Phi) is 3.90. The summed E-state index contributed by atoms with van der Waals surface area (Å²) < 4.78 is 28.2. The van der Waals surface area contributed by atoms with Gasteiger partial charge in [0.1, 0.15) is 17.1 Å². The maximum atomic E-state index is 10.7. The number of aliphatic hydroxyl groups is 1. The number of phenols is 1. The van der Waals surface area contributed by atoms with E-state index in [1.165, 1.54) is 0 Å². The van der Waals surface area contributed by atoms with Gasteiger partial charge in [-0.1, -0.05) is 25.8 Å². The SMILES string of the molecule is [2H]C([2H])([2H])CCCCc1cc(O)c2c(c1)OC(C)(C)[C@@H]1CC=C(CO)C[C@@H]21. The smallest absolute Gasteiger partial charge is 0.127 e. The number of fused-ring (bicyclic) bond motifs is 3. The number of unbranched alkanes of at least 4 members (excludes halogenated alkanes) is 1. The second-order valence-corrected chi connectivity index (χ2v) is 7.61. The average Bonchev–Trinajstić information content (AvgIpc) is 2.56. The molecule has 1 aromatic rings. The van der Waals surface area contributed by atoms with E-state index in [0.717, 1.165) is 48.1 Å². The Hall–Kier alpha value is -1.48. The van der Waals surface area contributed by atoms with Gasteiger partial charge in [-0.3, -0.25) is 0 Å². The van der Waals surface area contributed by atoms with E-state index in [9.17, 15) is 10.2 Å². The molecule has 0 fully saturated rings. The largest absolute Gasteiger partial charge is 0.508 e. The first-order valence-electron chi connectivity index (χ1n) is 10.4. The van der Waals surface area contributed by atoms with E-state index in [-0.39, 0.29) is 36.2 Å². The van der Waals surface area contributed by atoms with E-state index in [0.29, 0.717) is 6.42 Å². The molecule has 0 bridgehead atoms. The summed E-state index contributed by atoms with van der Waals surface area (Å²) in [6, 6.07) is 3.79. The fourth-order valence-corrected chi connectivity index (χ4v) is 4.25. The van der Waals surface area contributed by atoms with Gasteiger partial charge in [0, 0.05) is 21.5 Å². The van der Waals surface area contributed by atoms with Crippen LogP contribution in [0.15, 0.2) is 23.8 Å². The lowest BCUT2D eigenvalue weighted by Gasteiger charge is -2.47. The van der Waals surface area contributed by atoms with Gasteiger partial charge in [-0.2, -0.15) is 0 Å². The van der Waals surface area contributed by atoms with Crippen molar-refractivity contribution in [3.63, 3.8) is 0 Å². The third-order valence-electron chi connectivity index (χ3n) is 5.54. The number of ether oxygens (including phenoxy) is 1. The Morgan fingerprint density at radius 2 is 2.17 bits per heavy atom. The lowest BCUT2D eigenvalue weighted by Crippen LogP contribution is -2.45. The molecule has 1 heterocycles. The summed E-state index contributed by atoms with van der Waals surface area (Å²) in [5.74, 6) is 1.38. The molecule has 0 saturated carbocycles. The zero-order valence-corrected chi connectivity index (χ0v) is 14.6. The predicted octanol–water partition coefficient (Wildman–Crippen LogP) is 4.71. The van der Waals surface area contributed by atoms with Gasteiger partial charge in [0.25, 0.3) is 0 Å². The van der Waals surface area contributed by atoms with E-state index in [4.69, 9.17) is 8.85 Å². The summed E-state index contributed by atoms with van der Waals surface area (Å²) >= 11 is 0. The maximum Gasteiger partial charge on any atom is 0.127 e. The highest BCUT2D eigenvalue weighted by atomic mass is 16.5. The van der Waals surface area contributed by atoms with Gasteiger partial charge in [0.2, 0.25) is 0 Å². The van der Waals surface area contributed by atoms with E-state index >= 15 is 0 Å². The summed E-state index contributed by atoms with van der Waals surface area (Å²) in [5, 5.41) is 20.3. The third kappa shape index (κ3) is 3.19. The molecule has 1 aliphatic heterocycles. The topological polar surface area (TPSA) is 49.7 Å². The molecule has 0 aromatic heterocycles. The van der Waals surface area contributed by atoms with Gasteiger partial charge >= 0.3 is 0 Å². The lowest BCUT2D eigenvalue weighted by atomic mass is 9.67. The van der Waals surface area contributed by atoms with Crippen molar-refractivity contribution in [3.8, 4) is 11.5 Å². The molecular weight excluding hydrogens is 300 g/mol. The standard InChI is InChI=1S/C21H30O3/c1-4-5-6-7-14-11-18(23)20-16-10-15(13-22)8-9-17(16)21(2,3)24-19(20)12-14/h8,11-12,16-17,22-23H,4-7,9-10,13H2,1-3H3/t16-,17-/m1/s1/i1D3. The summed E-state index contributed by atoms with van der Waals surface area (Å²) in [6.45, 7) is 2.36. The molecule has 0 radical (unpaired) electrons. The molecular formula is C21H30O3. The molecule has 132 valence electrons. The number of hydrogen-bond acceptors (Lipinski definition) is 3. The van der Waals surface area contributed by atoms with E-state index in [2.05, 4.69) is 19.9 Å². The fraction of sp³-hybridized carbons (Fsp3) is 0.619. The molecule has 2 atom stereocenters. The second-order valence-electron chi connectivity index (χ2n) is 7.61. The minimum Gasteiger partial charge on any atom is -0.508 e. The van der Waals surface area contributed by atoms with E-state index in [1.807, 2.05) is 6.07 Å². The number of aromatic hydroxyl groups is 1. The third-order valence-corrected chi connectivity index (χ3v) is 5.54. The van der Waals surface area contributed by atoms with Crippen molar-refractivity contribution in [1.82, 2.24) is 0 Å². The van der Waals surface area contributed by atoms with Crippen molar-refractivity contribution in [1.29, 1.82) is 0 Å². The summed E-state index contributed by atoms with van der Waals surface area (Å²) in [7, 11) is 0. The van der Waals surface area contributed by atoms with Crippen LogP contribution >= 0.6 is 0 Å². The van der Waals surface area contributed by atoms with Crippen molar-refractivity contribution in [2.75, 3.05) is 6.61 Å². The molecule has 0 unspecified atom stereocenters. The van der Waals surface area contributed by atoms with Crippen molar-refractivity contribution in [2.45, 2.75) is 70.7 Å². The molecule has 1 aromatic carbocycles. The Labute approximate surface area is 149 Å². The Morgan fingerprint density at radius 3 is 2.92 bits per heavy atom. The Morgan fingerprint density at radius 1 is 1.33 bits per heavy atom. The molecule has 2 N–H and O–H groups in total. The molecule has 24 heavy (non-hydrogen) atoms. The van der Waals surface area contributed by atoms with Gasteiger partial charge < -0.3 is 14.9 Å². The molecule has 0 saturated heterocycles. The van der Waals surface area contributed by atoms with Gasteiger partial charge in [-0.25, -0.2) is 0 Å². The number of aliphatic hydroxyl groups excluding tert-OH is 1. The van der Waals surface area contributed by atoms with Crippen LogP contribution in [0.25, 0.3) is 0 Å². The molecule has 3 rings (SSSR count). The molecule has 1 aliphatic carbocycles. The Balaban J connectivity index is 1.81. The first-order chi connectivity index (χ1) is 12.6. The first-order valence-corrected chi connectivity index (χ1v) is 8.94. The number of hydrogen-bond donors (Lipinski definition) is 2. The molecule has 3 nitrogen and oxygen atoms in total. The quantitative estimate of drug-likeness (QED) is 0.606. The van der Waals surface area contributed by atoms with E-state index < -0.39 is 6.85 Å². The normalized spacial score (nSPS) is 27.0. The number of phenolic OH excluding ortho intramolecular Hbond substituents is 1. The maximum absolute atomic E-state index is 10.7. The number of rotatable bonds is 5. The Bertz CT molecular complexity index is 722. The van der Waals surface area contributed by atoms with Gasteiger partial charge in [-0.05, 0) is 62.8 Å². The molecule has 0 amide bonds. The van der Waals surface area contributed by atoms with Crippen molar-refractivity contribution < 1.29 is 19.1 Å². The lowest BCUT2D eigenvalue weighted by molar-refractivity contribution is 0.00673. The van der Waals surface area contributed by atoms with Crippen LogP contribution in [-0.4, -0.2) is 22.4 Å². The minimum absolute atomic E-state index is 0.0577.